The van der Waals surface area contributed by atoms with Crippen molar-refractivity contribution in [1.29, 1.82) is 0 Å². The first-order valence-electron chi connectivity index (χ1n) is 9.45. The Bertz CT molecular complexity index is 839. The number of carbonyl (C=O) groups excluding carboxylic acids is 1. The molecule has 0 heterocycles. The topological polar surface area (TPSA) is 32.3 Å². The molecule has 0 aliphatic rings. The quantitative estimate of drug-likeness (QED) is 0.605. The normalized spacial score (nSPS) is 10.3. The van der Waals surface area contributed by atoms with Crippen molar-refractivity contribution in [3.05, 3.63) is 108 Å². The molecule has 0 bridgehead atoms. The predicted molar refractivity (Wildman–Crippen MR) is 118 cm³/mol. The van der Waals surface area contributed by atoms with Crippen molar-refractivity contribution >= 4 is 23.2 Å². The van der Waals surface area contributed by atoms with E-state index in [1.807, 2.05) is 54.6 Å². The molecule has 3 aromatic carbocycles. The molecule has 3 rings (SSSR count). The maximum absolute atomic E-state index is 12.5. The molecular weight excluding hydrogens is 364 g/mol. The molecule has 0 atom stereocenters. The van der Waals surface area contributed by atoms with E-state index in [-0.39, 0.29) is 5.91 Å². The summed E-state index contributed by atoms with van der Waals surface area (Å²) in [4.78, 5) is 14.6. The van der Waals surface area contributed by atoms with Crippen molar-refractivity contribution in [2.75, 3.05) is 13.1 Å². The lowest BCUT2D eigenvalue weighted by molar-refractivity contribution is 0.0973. The van der Waals surface area contributed by atoms with E-state index in [1.54, 1.807) is 12.1 Å². The Kier molecular flexibility index (Phi) is 7.33. The zero-order valence-corrected chi connectivity index (χ0v) is 16.6. The average molecular weight is 389 g/mol. The van der Waals surface area contributed by atoms with Crippen LogP contribution >= 0.6 is 12.2 Å². The first-order valence-corrected chi connectivity index (χ1v) is 9.86. The summed E-state index contributed by atoms with van der Waals surface area (Å²) in [5.74, 6) is -0.171. The van der Waals surface area contributed by atoms with Crippen molar-refractivity contribution in [2.45, 2.75) is 12.8 Å². The number of carbonyl (C=O) groups is 1. The standard InChI is InChI=1S/C24H24N2OS/c27-23(22-14-8-3-9-15-22)25-24(28)26(18-16-20-10-4-1-5-11-20)19-17-21-12-6-2-7-13-21/h1-15H,16-19H2,(H,25,27,28). The second-order valence-electron chi connectivity index (χ2n) is 6.58. The molecule has 0 spiro atoms. The zero-order chi connectivity index (χ0) is 19.6. The molecule has 0 aliphatic carbocycles. The molecule has 0 aromatic heterocycles. The highest BCUT2D eigenvalue weighted by atomic mass is 32.1. The number of thiocarbonyl (C=S) groups is 1. The van der Waals surface area contributed by atoms with Gasteiger partial charge in [0.15, 0.2) is 5.11 Å². The Hall–Kier alpha value is -2.98. The molecular formula is C24H24N2OS. The Morgan fingerprint density at radius 3 is 1.61 bits per heavy atom. The van der Waals surface area contributed by atoms with Gasteiger partial charge in [0.1, 0.15) is 0 Å². The van der Waals surface area contributed by atoms with Crippen molar-refractivity contribution < 1.29 is 4.79 Å². The van der Waals surface area contributed by atoms with Gasteiger partial charge in [-0.1, -0.05) is 78.9 Å². The number of benzene rings is 3. The van der Waals surface area contributed by atoms with E-state index in [9.17, 15) is 4.79 Å². The second-order valence-corrected chi connectivity index (χ2v) is 6.97. The summed E-state index contributed by atoms with van der Waals surface area (Å²) in [6.07, 6.45) is 1.74. The van der Waals surface area contributed by atoms with Crippen LogP contribution in [0.2, 0.25) is 0 Å². The molecule has 3 nitrogen and oxygen atoms in total. The molecule has 1 N–H and O–H groups in total. The Balaban J connectivity index is 1.65. The molecule has 0 radical (unpaired) electrons. The van der Waals surface area contributed by atoms with Gasteiger partial charge in [0.2, 0.25) is 0 Å². The lowest BCUT2D eigenvalue weighted by Gasteiger charge is -2.25. The van der Waals surface area contributed by atoms with Crippen molar-refractivity contribution in [1.82, 2.24) is 10.2 Å². The fourth-order valence-corrected chi connectivity index (χ4v) is 3.25. The lowest BCUT2D eigenvalue weighted by Crippen LogP contribution is -2.44. The third-order valence-corrected chi connectivity index (χ3v) is 4.93. The molecule has 4 heteroatoms. The fraction of sp³-hybridized carbons (Fsp3) is 0.167. The first-order chi connectivity index (χ1) is 13.7. The van der Waals surface area contributed by atoms with Gasteiger partial charge in [0, 0.05) is 18.7 Å². The maximum atomic E-state index is 12.5. The number of amides is 1. The van der Waals surface area contributed by atoms with Crippen molar-refractivity contribution in [2.24, 2.45) is 0 Å². The lowest BCUT2D eigenvalue weighted by atomic mass is 10.1. The predicted octanol–water partition coefficient (Wildman–Crippen LogP) is 4.49. The van der Waals surface area contributed by atoms with E-state index in [1.165, 1.54) is 11.1 Å². The maximum Gasteiger partial charge on any atom is 0.257 e. The molecule has 0 unspecified atom stereocenters. The number of hydrogen-bond donors (Lipinski definition) is 1. The van der Waals surface area contributed by atoms with Crippen LogP contribution in [-0.4, -0.2) is 29.0 Å². The van der Waals surface area contributed by atoms with Gasteiger partial charge in [-0.3, -0.25) is 10.1 Å². The van der Waals surface area contributed by atoms with Gasteiger partial charge in [0.05, 0.1) is 0 Å². The van der Waals surface area contributed by atoms with Gasteiger partial charge in [-0.05, 0) is 48.3 Å². The highest BCUT2D eigenvalue weighted by Gasteiger charge is 2.14. The third-order valence-electron chi connectivity index (χ3n) is 4.57. The molecule has 0 saturated carbocycles. The third kappa shape index (κ3) is 6.03. The summed E-state index contributed by atoms with van der Waals surface area (Å²) in [5.41, 5.74) is 3.12. The van der Waals surface area contributed by atoms with Gasteiger partial charge in [-0.25, -0.2) is 0 Å². The highest BCUT2D eigenvalue weighted by molar-refractivity contribution is 7.80. The smallest absolute Gasteiger partial charge is 0.257 e. The number of rotatable bonds is 7. The van der Waals surface area contributed by atoms with Gasteiger partial charge in [0.25, 0.3) is 5.91 Å². The Labute approximate surface area is 172 Å². The van der Waals surface area contributed by atoms with Crippen LogP contribution in [0.4, 0.5) is 0 Å². The number of nitrogens with one attached hydrogen (secondary N) is 1. The summed E-state index contributed by atoms with van der Waals surface area (Å²) in [6.45, 7) is 1.51. The SMILES string of the molecule is O=C(NC(=S)N(CCc1ccccc1)CCc1ccccc1)c1ccccc1. The van der Waals surface area contributed by atoms with E-state index >= 15 is 0 Å². The fourth-order valence-electron chi connectivity index (χ4n) is 2.97. The van der Waals surface area contributed by atoms with Crippen LogP contribution in [0.15, 0.2) is 91.0 Å². The van der Waals surface area contributed by atoms with Crippen LogP contribution in [0, 0.1) is 0 Å². The zero-order valence-electron chi connectivity index (χ0n) is 15.8. The summed E-state index contributed by atoms with van der Waals surface area (Å²) in [6, 6.07) is 29.8. The Morgan fingerprint density at radius 1 is 0.714 bits per heavy atom. The van der Waals surface area contributed by atoms with Crippen molar-refractivity contribution in [3.8, 4) is 0 Å². The summed E-state index contributed by atoms with van der Waals surface area (Å²) < 4.78 is 0. The van der Waals surface area contributed by atoms with Crippen LogP contribution in [0.1, 0.15) is 21.5 Å². The molecule has 142 valence electrons. The first kappa shape index (κ1) is 19.8. The Morgan fingerprint density at radius 2 is 1.14 bits per heavy atom. The number of hydrogen-bond acceptors (Lipinski definition) is 2. The molecule has 1 amide bonds. The summed E-state index contributed by atoms with van der Waals surface area (Å²) >= 11 is 5.58. The summed E-state index contributed by atoms with van der Waals surface area (Å²) in [5, 5.41) is 3.36. The molecule has 3 aromatic rings. The largest absolute Gasteiger partial charge is 0.348 e. The van der Waals surface area contributed by atoms with E-state index in [0.717, 1.165) is 25.9 Å². The second kappa shape index (κ2) is 10.4. The minimum atomic E-state index is -0.171. The van der Waals surface area contributed by atoms with Crippen LogP contribution in [0.5, 0.6) is 0 Å². The average Bonchev–Trinajstić information content (AvgIpc) is 2.75. The van der Waals surface area contributed by atoms with Crippen LogP contribution < -0.4 is 5.32 Å². The molecule has 28 heavy (non-hydrogen) atoms. The van der Waals surface area contributed by atoms with E-state index < -0.39 is 0 Å². The summed E-state index contributed by atoms with van der Waals surface area (Å²) in [7, 11) is 0. The minimum absolute atomic E-state index is 0.171. The van der Waals surface area contributed by atoms with Gasteiger partial charge < -0.3 is 4.90 Å². The van der Waals surface area contributed by atoms with Crippen LogP contribution in [0.25, 0.3) is 0 Å². The molecule has 0 saturated heterocycles. The number of nitrogens with zero attached hydrogens (tertiary/aromatic N) is 1. The van der Waals surface area contributed by atoms with Crippen molar-refractivity contribution in [3.63, 3.8) is 0 Å². The van der Waals surface area contributed by atoms with Gasteiger partial charge in [-0.2, -0.15) is 0 Å². The minimum Gasteiger partial charge on any atom is -0.348 e. The monoisotopic (exact) mass is 388 g/mol. The van der Waals surface area contributed by atoms with E-state index in [4.69, 9.17) is 12.2 Å². The van der Waals surface area contributed by atoms with Gasteiger partial charge >= 0.3 is 0 Å². The van der Waals surface area contributed by atoms with Crippen LogP contribution in [-0.2, 0) is 12.8 Å². The van der Waals surface area contributed by atoms with E-state index in [2.05, 4.69) is 34.5 Å². The van der Waals surface area contributed by atoms with E-state index in [0.29, 0.717) is 10.7 Å². The van der Waals surface area contributed by atoms with Gasteiger partial charge in [-0.15, -0.1) is 0 Å². The van der Waals surface area contributed by atoms with Crippen LogP contribution in [0.3, 0.4) is 0 Å². The highest BCUT2D eigenvalue weighted by Crippen LogP contribution is 2.06. The molecule has 0 aliphatic heterocycles. The molecule has 0 fully saturated rings.